The van der Waals surface area contributed by atoms with Crippen LogP contribution in [0, 0.1) is 0 Å². The van der Waals surface area contributed by atoms with E-state index in [0.29, 0.717) is 0 Å². The second-order valence-electron chi connectivity index (χ2n) is 3.17. The van der Waals surface area contributed by atoms with E-state index < -0.39 is 37.4 Å². The van der Waals surface area contributed by atoms with Gasteiger partial charge in [-0.2, -0.15) is 0 Å². The van der Waals surface area contributed by atoms with Gasteiger partial charge in [0.25, 0.3) is 0 Å². The predicted molar refractivity (Wildman–Crippen MR) is 63.8 cm³/mol. The van der Waals surface area contributed by atoms with E-state index >= 15 is 0 Å². The Morgan fingerprint density at radius 3 is 2.44 bits per heavy atom. The molecule has 102 valence electrons. The number of nitrogens with zero attached hydrogens (tertiary/aromatic N) is 1. The average molecular weight is 264 g/mol. The second-order valence-corrected chi connectivity index (χ2v) is 3.17. The van der Waals surface area contributed by atoms with E-state index in [4.69, 9.17) is 13.3 Å². The minimum atomic E-state index is -4.22. The number of rotatable bonds is 7. The molecule has 1 aromatic rings. The zero-order chi connectivity index (χ0) is 19.0. The van der Waals surface area contributed by atoms with E-state index in [9.17, 15) is 20.4 Å². The molecule has 0 amide bonds. The summed E-state index contributed by atoms with van der Waals surface area (Å²) in [7, 11) is 0. The molecule has 0 aromatic carbocycles. The van der Waals surface area contributed by atoms with Gasteiger partial charge in [-0.1, -0.05) is 6.07 Å². The average Bonchev–Trinajstić information content (AvgIpc) is 2.44. The van der Waals surface area contributed by atoms with E-state index in [1.165, 1.54) is 18.3 Å². The van der Waals surface area contributed by atoms with E-state index in [1.807, 2.05) is 0 Å². The molecule has 4 atom stereocenters. The number of hydrogen-bond acceptors (Lipinski definition) is 7. The summed E-state index contributed by atoms with van der Waals surface area (Å²) in [4.78, 5) is 3.77. The van der Waals surface area contributed by atoms with Crippen molar-refractivity contribution in [2.75, 3.05) is 18.4 Å². The molecule has 0 aliphatic carbocycles. The Morgan fingerprint density at radius 1 is 1.22 bits per heavy atom. The van der Waals surface area contributed by atoms with Gasteiger partial charge < -0.3 is 30.8 Å². The van der Waals surface area contributed by atoms with Crippen molar-refractivity contribution in [3.8, 4) is 0 Å². The number of nitrogens with one attached hydrogen (secondary N) is 1. The molecular weight excluding hydrogens is 240 g/mol. The van der Waals surface area contributed by atoms with Crippen LogP contribution >= 0.6 is 0 Å². The quantitative estimate of drug-likeness (QED) is 0.334. The van der Waals surface area contributed by atoms with Crippen molar-refractivity contribution < 1.29 is 33.8 Å². The summed E-state index contributed by atoms with van der Waals surface area (Å²) in [6.07, 6.45) is -14.5. The molecule has 18 heavy (non-hydrogen) atoms. The Balaban J connectivity index is 3.10. The summed E-state index contributed by atoms with van der Waals surface area (Å²) in [6.45, 7) is -4.95. The number of aromatic nitrogens is 1. The highest BCUT2D eigenvalue weighted by Crippen LogP contribution is 2.07. The van der Waals surface area contributed by atoms with Crippen molar-refractivity contribution in [2.45, 2.75) is 24.3 Å². The highest BCUT2D eigenvalue weighted by Gasteiger charge is 2.29. The monoisotopic (exact) mass is 264 g/mol. The van der Waals surface area contributed by atoms with E-state index in [1.54, 1.807) is 6.07 Å². The molecular formula is C11H18N2O5. The van der Waals surface area contributed by atoms with Crippen molar-refractivity contribution >= 4 is 5.82 Å². The van der Waals surface area contributed by atoms with Gasteiger partial charge >= 0.3 is 0 Å². The molecule has 7 nitrogen and oxygen atoms in total. The van der Waals surface area contributed by atoms with Crippen LogP contribution in [0.2, 0.25) is 0 Å². The lowest BCUT2D eigenvalue weighted by atomic mass is 10.0. The molecule has 6 N–H and O–H groups in total. The van der Waals surface area contributed by atoms with Crippen molar-refractivity contribution in [3.63, 3.8) is 0 Å². The minimum Gasteiger partial charge on any atom is -0.394 e. The SMILES string of the molecule is [2H]C([2H])(O)[C@@]([2H])(O)[C@@]([2H])(O)[C@]([2H])(O)[C@@]([2H])(O)CNc1ccccn1. The second kappa shape index (κ2) is 7.24. The van der Waals surface area contributed by atoms with Gasteiger partial charge in [0.1, 0.15) is 24.1 Å². The van der Waals surface area contributed by atoms with E-state index in [0.717, 1.165) is 0 Å². The van der Waals surface area contributed by atoms with Gasteiger partial charge in [-0.15, -0.1) is 0 Å². The first-order chi connectivity index (χ1) is 10.6. The Labute approximate surface area is 113 Å². The van der Waals surface area contributed by atoms with Crippen LogP contribution in [-0.2, 0) is 0 Å². The molecule has 0 saturated carbocycles. The fourth-order valence-electron chi connectivity index (χ4n) is 1.03. The van der Waals surface area contributed by atoms with Crippen LogP contribution in [0.5, 0.6) is 0 Å². The molecule has 1 heterocycles. The summed E-state index contributed by atoms with van der Waals surface area (Å²) < 4.78 is 43.4. The predicted octanol–water partition coefficient (Wildman–Crippen LogP) is -2.07. The Kier molecular flexibility index (Phi) is 3.23. The number of pyridine rings is 1. The van der Waals surface area contributed by atoms with Crippen LogP contribution in [0.1, 0.15) is 8.22 Å². The number of hydrogen-bond donors (Lipinski definition) is 6. The topological polar surface area (TPSA) is 126 Å². The highest BCUT2D eigenvalue weighted by atomic mass is 16.4. The van der Waals surface area contributed by atoms with Gasteiger partial charge in [-0.3, -0.25) is 0 Å². The molecule has 0 bridgehead atoms. The van der Waals surface area contributed by atoms with Crippen molar-refractivity contribution in [1.29, 1.82) is 0 Å². The smallest absolute Gasteiger partial charge is 0.125 e. The number of aliphatic hydroxyl groups is 5. The number of anilines is 1. The fourth-order valence-corrected chi connectivity index (χ4v) is 1.03. The maximum Gasteiger partial charge on any atom is 0.125 e. The normalized spacial score (nSPS) is 30.5. The lowest BCUT2D eigenvalue weighted by Crippen LogP contribution is -2.48. The Morgan fingerprint density at radius 2 is 1.89 bits per heavy atom. The molecule has 0 fully saturated rings. The fraction of sp³-hybridized carbons (Fsp3) is 0.545. The molecule has 0 saturated heterocycles. The third-order valence-corrected chi connectivity index (χ3v) is 1.93. The summed E-state index contributed by atoms with van der Waals surface area (Å²) in [5, 5.41) is 50.6. The molecule has 1 aromatic heterocycles. The van der Waals surface area contributed by atoms with Gasteiger partial charge in [0, 0.05) is 12.7 Å². The zero-order valence-corrected chi connectivity index (χ0v) is 9.20. The standard InChI is InChI=1S/C11H18N2O5/c14-6-8(16)11(18)10(17)7(15)5-13-9-3-1-2-4-12-9/h1-4,7-8,10-11,14-18H,5-6H2,(H,12,13)/t7-,8+,10+,11+/m0/s1/i6D2,7D,8D,10D,11D. The lowest BCUT2D eigenvalue weighted by Gasteiger charge is -2.25. The van der Waals surface area contributed by atoms with Gasteiger partial charge in [-0.05, 0) is 12.1 Å². The van der Waals surface area contributed by atoms with Gasteiger partial charge in [0.05, 0.1) is 20.9 Å². The third-order valence-electron chi connectivity index (χ3n) is 1.93. The van der Waals surface area contributed by atoms with Crippen LogP contribution < -0.4 is 5.32 Å². The van der Waals surface area contributed by atoms with Crippen LogP contribution in [0.15, 0.2) is 24.4 Å². The first kappa shape index (κ1) is 8.03. The molecule has 0 radical (unpaired) electrons. The maximum atomic E-state index is 9.93. The van der Waals surface area contributed by atoms with Gasteiger partial charge in [-0.25, -0.2) is 4.98 Å². The van der Waals surface area contributed by atoms with Crippen LogP contribution in [0.3, 0.4) is 0 Å². The lowest BCUT2D eigenvalue weighted by molar-refractivity contribution is -0.111. The summed E-state index contributed by atoms with van der Waals surface area (Å²) >= 11 is 0. The first-order valence-electron chi connectivity index (χ1n) is 7.85. The highest BCUT2D eigenvalue weighted by molar-refractivity contribution is 5.33. The molecule has 0 unspecified atom stereocenters. The molecule has 7 heteroatoms. The molecule has 1 rings (SSSR count). The van der Waals surface area contributed by atoms with E-state index in [2.05, 4.69) is 10.3 Å². The first-order valence-corrected chi connectivity index (χ1v) is 4.85. The largest absolute Gasteiger partial charge is 0.394 e. The Bertz CT molecular complexity index is 564. The van der Waals surface area contributed by atoms with Crippen LogP contribution in [0.4, 0.5) is 5.82 Å². The summed E-state index contributed by atoms with van der Waals surface area (Å²) in [6, 6.07) is 4.50. The summed E-state index contributed by atoms with van der Waals surface area (Å²) in [5.74, 6) is 0.103. The Hall–Kier alpha value is -1.25. The maximum absolute atomic E-state index is 9.93. The van der Waals surface area contributed by atoms with Gasteiger partial charge in [0.15, 0.2) is 0 Å². The molecule has 0 aliphatic rings. The van der Waals surface area contributed by atoms with Crippen LogP contribution in [-0.4, -0.2) is 67.9 Å². The van der Waals surface area contributed by atoms with E-state index in [-0.39, 0.29) is 5.82 Å². The van der Waals surface area contributed by atoms with Gasteiger partial charge in [0.2, 0.25) is 0 Å². The zero-order valence-electron chi connectivity index (χ0n) is 15.2. The van der Waals surface area contributed by atoms with Crippen molar-refractivity contribution in [2.24, 2.45) is 0 Å². The molecule has 0 aliphatic heterocycles. The van der Waals surface area contributed by atoms with Crippen LogP contribution in [0.25, 0.3) is 0 Å². The third kappa shape index (κ3) is 4.21. The summed E-state index contributed by atoms with van der Waals surface area (Å²) in [5.41, 5.74) is 0. The van der Waals surface area contributed by atoms with Crippen molar-refractivity contribution in [3.05, 3.63) is 24.4 Å². The van der Waals surface area contributed by atoms with Crippen molar-refractivity contribution in [1.82, 2.24) is 4.98 Å². The molecule has 0 spiro atoms. The minimum absolute atomic E-state index is 0.103.